The summed E-state index contributed by atoms with van der Waals surface area (Å²) < 4.78 is 16.5. The zero-order valence-electron chi connectivity index (χ0n) is 16.8. The van der Waals surface area contributed by atoms with E-state index in [-0.39, 0.29) is 17.6 Å². The second-order valence-corrected chi connectivity index (χ2v) is 8.48. The van der Waals surface area contributed by atoms with Crippen LogP contribution in [-0.2, 0) is 16.0 Å². The Labute approximate surface area is 182 Å². The maximum atomic E-state index is 13.8. The van der Waals surface area contributed by atoms with Gasteiger partial charge < -0.3 is 14.0 Å². The number of ether oxygens (including phenoxy) is 2. The van der Waals surface area contributed by atoms with E-state index in [9.17, 15) is 4.79 Å². The minimum absolute atomic E-state index is 0.0106. The summed E-state index contributed by atoms with van der Waals surface area (Å²) in [6.07, 6.45) is 6.18. The number of aromatic nitrogens is 6. The third-order valence-electron chi connectivity index (χ3n) is 6.23. The first-order valence-electron chi connectivity index (χ1n) is 10.5. The number of rotatable bonds is 4. The summed E-state index contributed by atoms with van der Waals surface area (Å²) in [5.74, 6) is 0.642. The van der Waals surface area contributed by atoms with Crippen LogP contribution in [0.4, 0.5) is 0 Å². The van der Waals surface area contributed by atoms with Crippen LogP contribution in [0.1, 0.15) is 30.9 Å². The van der Waals surface area contributed by atoms with Gasteiger partial charge in [0.25, 0.3) is 5.56 Å². The highest BCUT2D eigenvalue weighted by molar-refractivity contribution is 6.35. The van der Waals surface area contributed by atoms with E-state index in [1.807, 2.05) is 12.1 Å². The Hall–Kier alpha value is -2.75. The van der Waals surface area contributed by atoms with Gasteiger partial charge >= 0.3 is 0 Å². The van der Waals surface area contributed by atoms with Crippen molar-refractivity contribution in [1.82, 2.24) is 28.9 Å². The Morgan fingerprint density at radius 2 is 2.13 bits per heavy atom. The fourth-order valence-corrected chi connectivity index (χ4v) is 4.96. The molecule has 2 aliphatic rings. The highest BCUT2D eigenvalue weighted by Gasteiger charge is 2.27. The number of hydrogen-bond donors (Lipinski definition) is 0. The molecule has 0 aliphatic carbocycles. The Morgan fingerprint density at radius 1 is 1.19 bits per heavy atom. The molecule has 0 saturated carbocycles. The van der Waals surface area contributed by atoms with Crippen LogP contribution in [0.2, 0.25) is 5.02 Å². The lowest BCUT2D eigenvalue weighted by atomic mass is 10.1. The normalized spacial score (nSPS) is 21.6. The first kappa shape index (κ1) is 19.0. The molecule has 2 unspecified atom stereocenters. The van der Waals surface area contributed by atoms with Crippen LogP contribution < -0.4 is 5.56 Å². The third kappa shape index (κ3) is 2.99. The fraction of sp³-hybridized carbons (Fsp3) is 0.429. The lowest BCUT2D eigenvalue weighted by molar-refractivity contribution is 0.0973. The van der Waals surface area contributed by atoms with Crippen LogP contribution in [0.5, 0.6) is 0 Å². The number of para-hydroxylation sites is 1. The van der Waals surface area contributed by atoms with Crippen molar-refractivity contribution < 1.29 is 9.47 Å². The molecule has 31 heavy (non-hydrogen) atoms. The van der Waals surface area contributed by atoms with Crippen LogP contribution >= 0.6 is 11.6 Å². The summed E-state index contributed by atoms with van der Waals surface area (Å²) >= 11 is 6.56. The molecular weight excluding hydrogens is 420 g/mol. The van der Waals surface area contributed by atoms with Gasteiger partial charge in [-0.25, -0.2) is 4.98 Å². The maximum Gasteiger partial charge on any atom is 0.279 e. The number of imidazole rings is 1. The lowest BCUT2D eigenvalue weighted by Gasteiger charge is -2.17. The predicted molar refractivity (Wildman–Crippen MR) is 114 cm³/mol. The average Bonchev–Trinajstić information content (AvgIpc) is 3.56. The molecule has 3 aromatic heterocycles. The van der Waals surface area contributed by atoms with Crippen LogP contribution in [0, 0.1) is 0 Å². The SMILES string of the molecule is O=c1c2c(-n3nncc3C3CCOC3)ncn2c2cccc(Cl)c2n1CC1CCCO1. The lowest BCUT2D eigenvalue weighted by Crippen LogP contribution is -2.29. The van der Waals surface area contributed by atoms with Crippen molar-refractivity contribution in [3.8, 4) is 5.82 Å². The van der Waals surface area contributed by atoms with E-state index < -0.39 is 0 Å². The van der Waals surface area contributed by atoms with E-state index in [0.29, 0.717) is 41.6 Å². The number of benzene rings is 1. The first-order chi connectivity index (χ1) is 15.2. The van der Waals surface area contributed by atoms with Gasteiger partial charge in [0.2, 0.25) is 0 Å². The molecule has 5 heterocycles. The summed E-state index contributed by atoms with van der Waals surface area (Å²) in [7, 11) is 0. The molecule has 9 nitrogen and oxygen atoms in total. The first-order valence-corrected chi connectivity index (χ1v) is 10.9. The summed E-state index contributed by atoms with van der Waals surface area (Å²) in [6.45, 7) is 2.48. The highest BCUT2D eigenvalue weighted by Crippen LogP contribution is 2.29. The van der Waals surface area contributed by atoms with Crippen molar-refractivity contribution >= 4 is 28.2 Å². The number of nitrogens with zero attached hydrogens (tertiary/aromatic N) is 6. The minimum atomic E-state index is -0.173. The van der Waals surface area contributed by atoms with Gasteiger partial charge in [0, 0.05) is 19.1 Å². The summed E-state index contributed by atoms with van der Waals surface area (Å²) in [4.78, 5) is 18.4. The standard InChI is InChI=1S/C21H21ClN6O3/c22-15-4-1-5-16-18(15)26(10-14-3-2-7-31-14)21(29)19-20(23-12-27(16)19)28-17(9-24-25-28)13-6-8-30-11-13/h1,4-5,9,12-14H,2-3,6-8,10-11H2. The number of hydrogen-bond acceptors (Lipinski definition) is 6. The fourth-order valence-electron chi connectivity index (χ4n) is 4.69. The highest BCUT2D eigenvalue weighted by atomic mass is 35.5. The van der Waals surface area contributed by atoms with Gasteiger partial charge in [-0.1, -0.05) is 22.9 Å². The quantitative estimate of drug-likeness (QED) is 0.484. The van der Waals surface area contributed by atoms with Crippen molar-refractivity contribution in [2.45, 2.75) is 37.8 Å². The number of fused-ring (bicyclic) bond motifs is 3. The Kier molecular flexibility index (Phi) is 4.55. The molecule has 160 valence electrons. The van der Waals surface area contributed by atoms with E-state index in [0.717, 1.165) is 37.1 Å². The molecule has 6 rings (SSSR count). The van der Waals surface area contributed by atoms with Gasteiger partial charge in [0.1, 0.15) is 6.33 Å². The van der Waals surface area contributed by atoms with E-state index in [1.165, 1.54) is 0 Å². The minimum Gasteiger partial charge on any atom is -0.381 e. The van der Waals surface area contributed by atoms with Crippen molar-refractivity contribution in [2.24, 2.45) is 0 Å². The summed E-state index contributed by atoms with van der Waals surface area (Å²) in [5.41, 5.74) is 2.66. The third-order valence-corrected chi connectivity index (χ3v) is 6.53. The van der Waals surface area contributed by atoms with Crippen molar-refractivity contribution in [2.75, 3.05) is 19.8 Å². The van der Waals surface area contributed by atoms with E-state index >= 15 is 0 Å². The van der Waals surface area contributed by atoms with Gasteiger partial charge in [0.15, 0.2) is 11.3 Å². The summed E-state index contributed by atoms with van der Waals surface area (Å²) in [5, 5.41) is 8.88. The van der Waals surface area contributed by atoms with Crippen molar-refractivity contribution in [3.05, 3.63) is 51.8 Å². The predicted octanol–water partition coefficient (Wildman–Crippen LogP) is 2.57. The molecule has 4 aromatic rings. The van der Waals surface area contributed by atoms with Crippen LogP contribution in [0.25, 0.3) is 22.4 Å². The van der Waals surface area contributed by atoms with Crippen LogP contribution in [-0.4, -0.2) is 54.9 Å². The molecular formula is C21H21ClN6O3. The van der Waals surface area contributed by atoms with Gasteiger partial charge in [-0.3, -0.25) is 9.20 Å². The Bertz CT molecular complexity index is 1330. The van der Waals surface area contributed by atoms with Crippen molar-refractivity contribution in [1.29, 1.82) is 0 Å². The van der Waals surface area contributed by atoms with E-state index in [2.05, 4.69) is 15.3 Å². The molecule has 2 atom stereocenters. The molecule has 0 radical (unpaired) electrons. The van der Waals surface area contributed by atoms with Gasteiger partial charge in [-0.05, 0) is 31.4 Å². The van der Waals surface area contributed by atoms with Crippen LogP contribution in [0.3, 0.4) is 0 Å². The van der Waals surface area contributed by atoms with E-state index in [1.54, 1.807) is 32.2 Å². The molecule has 0 bridgehead atoms. The van der Waals surface area contributed by atoms with Crippen molar-refractivity contribution in [3.63, 3.8) is 0 Å². The molecule has 2 fully saturated rings. The molecule has 0 N–H and O–H groups in total. The second-order valence-electron chi connectivity index (χ2n) is 8.08. The smallest absolute Gasteiger partial charge is 0.279 e. The topological polar surface area (TPSA) is 88.5 Å². The molecule has 10 heteroatoms. The van der Waals surface area contributed by atoms with Crippen LogP contribution in [0.15, 0.2) is 35.5 Å². The second kappa shape index (κ2) is 7.44. The van der Waals surface area contributed by atoms with Gasteiger partial charge in [-0.2, -0.15) is 4.68 Å². The largest absolute Gasteiger partial charge is 0.381 e. The zero-order valence-corrected chi connectivity index (χ0v) is 17.5. The molecule has 1 aromatic carbocycles. The molecule has 2 saturated heterocycles. The van der Waals surface area contributed by atoms with Gasteiger partial charge in [-0.15, -0.1) is 5.10 Å². The Morgan fingerprint density at radius 3 is 2.94 bits per heavy atom. The molecule has 0 spiro atoms. The zero-order chi connectivity index (χ0) is 20.9. The monoisotopic (exact) mass is 440 g/mol. The molecule has 0 amide bonds. The van der Waals surface area contributed by atoms with E-state index in [4.69, 9.17) is 21.1 Å². The average molecular weight is 441 g/mol. The molecule has 2 aliphatic heterocycles. The van der Waals surface area contributed by atoms with Gasteiger partial charge in [0.05, 0.1) is 47.2 Å². The summed E-state index contributed by atoms with van der Waals surface area (Å²) in [6, 6.07) is 5.62. The number of halogens is 1. The Balaban J connectivity index is 1.61. The maximum absolute atomic E-state index is 13.8.